The van der Waals surface area contributed by atoms with Gasteiger partial charge in [-0.05, 0) is 46.6 Å². The monoisotopic (exact) mass is 421 g/mol. The lowest BCUT2D eigenvalue weighted by molar-refractivity contribution is -0.119. The number of carbonyl (C=O) groups excluding carboxylic acids is 2. The third kappa shape index (κ3) is 5.49. The number of halogens is 1. The van der Waals surface area contributed by atoms with E-state index in [0.29, 0.717) is 28.3 Å². The van der Waals surface area contributed by atoms with Gasteiger partial charge in [0.2, 0.25) is 0 Å². The van der Waals surface area contributed by atoms with Gasteiger partial charge in [0.15, 0.2) is 18.1 Å². The summed E-state index contributed by atoms with van der Waals surface area (Å²) in [5.74, 6) is -0.117. The third-order valence-electron chi connectivity index (χ3n) is 3.31. The Labute approximate surface area is 160 Å². The zero-order chi connectivity index (χ0) is 18.9. The summed E-state index contributed by atoms with van der Waals surface area (Å²) in [6.45, 7) is 2.13. The van der Waals surface area contributed by atoms with Crippen molar-refractivity contribution < 1.29 is 23.8 Å². The quantitative estimate of drug-likeness (QED) is 0.650. The van der Waals surface area contributed by atoms with Crippen molar-refractivity contribution >= 4 is 33.5 Å². The molecule has 26 heavy (non-hydrogen) atoms. The Balaban J connectivity index is 2.00. The van der Waals surface area contributed by atoms with Crippen LogP contribution in [0.25, 0.3) is 0 Å². The number of benzene rings is 2. The first-order chi connectivity index (χ1) is 12.5. The number of ether oxygens (including phenoxy) is 3. The molecule has 0 aromatic heterocycles. The van der Waals surface area contributed by atoms with Gasteiger partial charge in [-0.1, -0.05) is 25.1 Å². The Morgan fingerprint density at radius 2 is 1.88 bits per heavy atom. The zero-order valence-electron chi connectivity index (χ0n) is 14.6. The van der Waals surface area contributed by atoms with Gasteiger partial charge in [0.25, 0.3) is 5.91 Å². The molecular formula is C19H20BrNO5. The topological polar surface area (TPSA) is 73.9 Å². The smallest absolute Gasteiger partial charge is 0.338 e. The summed E-state index contributed by atoms with van der Waals surface area (Å²) in [7, 11) is 1.49. The van der Waals surface area contributed by atoms with Gasteiger partial charge in [-0.25, -0.2) is 4.79 Å². The lowest BCUT2D eigenvalue weighted by Crippen LogP contribution is -2.21. The molecule has 0 aliphatic carbocycles. The van der Waals surface area contributed by atoms with Gasteiger partial charge < -0.3 is 19.5 Å². The van der Waals surface area contributed by atoms with E-state index in [1.807, 2.05) is 13.0 Å². The highest BCUT2D eigenvalue weighted by atomic mass is 79.9. The number of hydrogen-bond acceptors (Lipinski definition) is 5. The van der Waals surface area contributed by atoms with E-state index in [2.05, 4.69) is 21.2 Å². The van der Waals surface area contributed by atoms with Crippen molar-refractivity contribution in [3.05, 3.63) is 52.5 Å². The van der Waals surface area contributed by atoms with Crippen molar-refractivity contribution in [2.75, 3.05) is 25.6 Å². The van der Waals surface area contributed by atoms with Crippen LogP contribution in [0.5, 0.6) is 11.5 Å². The van der Waals surface area contributed by atoms with Crippen molar-refractivity contribution in [3.63, 3.8) is 0 Å². The molecule has 0 fully saturated rings. The van der Waals surface area contributed by atoms with Gasteiger partial charge >= 0.3 is 5.97 Å². The number of carbonyl (C=O) groups is 2. The zero-order valence-corrected chi connectivity index (χ0v) is 16.2. The molecule has 0 heterocycles. The summed E-state index contributed by atoms with van der Waals surface area (Å²) < 4.78 is 16.5. The molecule has 0 bridgehead atoms. The van der Waals surface area contributed by atoms with Crippen LogP contribution in [0.2, 0.25) is 0 Å². The standard InChI is InChI=1S/C19H20BrNO5/c1-3-9-25-18-15(20)10-13(11-16(18)24-2)19(23)26-12-17(22)21-14-7-5-4-6-8-14/h4-8,10-11H,3,9,12H2,1-2H3,(H,21,22). The van der Waals surface area contributed by atoms with Crippen LogP contribution >= 0.6 is 15.9 Å². The van der Waals surface area contributed by atoms with Gasteiger partial charge in [-0.3, -0.25) is 4.79 Å². The number of rotatable bonds is 8. The van der Waals surface area contributed by atoms with Crippen LogP contribution in [0.4, 0.5) is 5.69 Å². The number of methoxy groups -OCH3 is 1. The first-order valence-corrected chi connectivity index (χ1v) is 8.86. The summed E-state index contributed by atoms with van der Waals surface area (Å²) in [6, 6.07) is 12.0. The number of nitrogens with one attached hydrogen (secondary N) is 1. The minimum Gasteiger partial charge on any atom is -0.493 e. The highest BCUT2D eigenvalue weighted by molar-refractivity contribution is 9.10. The summed E-state index contributed by atoms with van der Waals surface area (Å²) in [5.41, 5.74) is 0.889. The largest absolute Gasteiger partial charge is 0.493 e. The minimum atomic E-state index is -0.630. The molecule has 0 radical (unpaired) electrons. The predicted molar refractivity (Wildman–Crippen MR) is 102 cm³/mol. The number of para-hydroxylation sites is 1. The second-order valence-corrected chi connectivity index (χ2v) is 6.18. The van der Waals surface area contributed by atoms with Crippen molar-refractivity contribution in [1.82, 2.24) is 0 Å². The maximum Gasteiger partial charge on any atom is 0.338 e. The van der Waals surface area contributed by atoms with Gasteiger partial charge in [0.1, 0.15) is 0 Å². The van der Waals surface area contributed by atoms with Crippen LogP contribution in [-0.2, 0) is 9.53 Å². The second-order valence-electron chi connectivity index (χ2n) is 5.33. The molecule has 0 saturated carbocycles. The summed E-state index contributed by atoms with van der Waals surface area (Å²) >= 11 is 3.37. The fourth-order valence-corrected chi connectivity index (χ4v) is 2.67. The minimum absolute atomic E-state index is 0.255. The normalized spacial score (nSPS) is 10.1. The Bertz CT molecular complexity index is 764. The summed E-state index contributed by atoms with van der Waals surface area (Å²) in [6.07, 6.45) is 0.843. The molecule has 2 rings (SSSR count). The molecule has 0 saturated heterocycles. The molecule has 0 aliphatic rings. The molecule has 6 nitrogen and oxygen atoms in total. The lowest BCUT2D eigenvalue weighted by Gasteiger charge is -2.13. The van der Waals surface area contributed by atoms with Crippen LogP contribution in [0.1, 0.15) is 23.7 Å². The van der Waals surface area contributed by atoms with Crippen molar-refractivity contribution in [3.8, 4) is 11.5 Å². The molecule has 0 atom stereocenters. The summed E-state index contributed by atoms with van der Waals surface area (Å²) in [5, 5.41) is 2.64. The molecule has 1 N–H and O–H groups in total. The van der Waals surface area contributed by atoms with Crippen LogP contribution < -0.4 is 14.8 Å². The van der Waals surface area contributed by atoms with E-state index >= 15 is 0 Å². The molecule has 0 aliphatic heterocycles. The van der Waals surface area contributed by atoms with Gasteiger partial charge in [-0.2, -0.15) is 0 Å². The van der Waals surface area contributed by atoms with E-state index in [1.54, 1.807) is 30.3 Å². The highest BCUT2D eigenvalue weighted by Gasteiger charge is 2.17. The van der Waals surface area contributed by atoms with E-state index in [1.165, 1.54) is 13.2 Å². The Morgan fingerprint density at radius 1 is 1.15 bits per heavy atom. The third-order valence-corrected chi connectivity index (χ3v) is 3.90. The highest BCUT2D eigenvalue weighted by Crippen LogP contribution is 2.37. The lowest BCUT2D eigenvalue weighted by atomic mass is 10.2. The van der Waals surface area contributed by atoms with E-state index in [-0.39, 0.29) is 12.2 Å². The van der Waals surface area contributed by atoms with Crippen molar-refractivity contribution in [2.45, 2.75) is 13.3 Å². The van der Waals surface area contributed by atoms with Crippen LogP contribution in [0.15, 0.2) is 46.9 Å². The van der Waals surface area contributed by atoms with Crippen molar-refractivity contribution in [2.24, 2.45) is 0 Å². The van der Waals surface area contributed by atoms with E-state index in [0.717, 1.165) is 6.42 Å². The first kappa shape index (κ1) is 19.8. The molecule has 138 valence electrons. The molecular weight excluding hydrogens is 402 g/mol. The van der Waals surface area contributed by atoms with Crippen LogP contribution in [0.3, 0.4) is 0 Å². The van der Waals surface area contributed by atoms with Gasteiger partial charge in [-0.15, -0.1) is 0 Å². The summed E-state index contributed by atoms with van der Waals surface area (Å²) in [4.78, 5) is 24.1. The number of anilines is 1. The van der Waals surface area contributed by atoms with Crippen LogP contribution in [-0.4, -0.2) is 32.2 Å². The van der Waals surface area contributed by atoms with Gasteiger partial charge in [0, 0.05) is 5.69 Å². The Morgan fingerprint density at radius 3 is 2.54 bits per heavy atom. The maximum atomic E-state index is 12.2. The number of esters is 1. The maximum absolute atomic E-state index is 12.2. The fourth-order valence-electron chi connectivity index (χ4n) is 2.11. The number of hydrogen-bond donors (Lipinski definition) is 1. The average Bonchev–Trinajstić information content (AvgIpc) is 2.65. The Hall–Kier alpha value is -2.54. The molecule has 2 aromatic carbocycles. The molecule has 7 heteroatoms. The number of amides is 1. The van der Waals surface area contributed by atoms with Crippen LogP contribution in [0, 0.1) is 0 Å². The molecule has 0 unspecified atom stereocenters. The molecule has 0 spiro atoms. The molecule has 1 amide bonds. The Kier molecular flexibility index (Phi) is 7.47. The molecule has 2 aromatic rings. The van der Waals surface area contributed by atoms with E-state index < -0.39 is 11.9 Å². The van der Waals surface area contributed by atoms with E-state index in [9.17, 15) is 9.59 Å². The predicted octanol–water partition coefficient (Wildman–Crippen LogP) is 4.04. The second kappa shape index (κ2) is 9.82. The van der Waals surface area contributed by atoms with Gasteiger partial charge in [0.05, 0.1) is 23.8 Å². The SMILES string of the molecule is CCCOc1c(Br)cc(C(=O)OCC(=O)Nc2ccccc2)cc1OC. The fraction of sp³-hybridized carbons (Fsp3) is 0.263. The van der Waals surface area contributed by atoms with Crippen molar-refractivity contribution in [1.29, 1.82) is 0 Å². The first-order valence-electron chi connectivity index (χ1n) is 8.07. The van der Waals surface area contributed by atoms with E-state index in [4.69, 9.17) is 14.2 Å². The average molecular weight is 422 g/mol.